The van der Waals surface area contributed by atoms with Gasteiger partial charge in [-0.1, -0.05) is 62.2 Å². The quantitative estimate of drug-likeness (QED) is 0.121. The van der Waals surface area contributed by atoms with Crippen molar-refractivity contribution >= 4 is 79.2 Å². The van der Waals surface area contributed by atoms with Gasteiger partial charge in [-0.25, -0.2) is 0 Å². The van der Waals surface area contributed by atoms with Gasteiger partial charge in [0.15, 0.2) is 0 Å². The van der Waals surface area contributed by atoms with Gasteiger partial charge in [-0.15, -0.1) is 0 Å². The molecule has 5 rings (SSSR count). The van der Waals surface area contributed by atoms with Crippen molar-refractivity contribution < 1.29 is 132 Å². The summed E-state index contributed by atoms with van der Waals surface area (Å²) in [6.07, 6.45) is 17.4. The molecule has 0 spiro atoms. The topological polar surface area (TPSA) is 191 Å². The van der Waals surface area contributed by atoms with Gasteiger partial charge in [0.05, 0.1) is 11.2 Å². The fraction of sp³-hybridized carbons (Fsp3) is 0.886. The largest absolute Gasteiger partial charge is 0.520 e. The smallest absolute Gasteiger partial charge is 0.412 e. The summed E-state index contributed by atoms with van der Waals surface area (Å²) in [4.78, 5) is 0. The van der Waals surface area contributed by atoms with Crippen LogP contribution in [0.5, 0.6) is 0 Å². The van der Waals surface area contributed by atoms with Gasteiger partial charge in [-0.2, -0.15) is 64.8 Å². The Balaban J connectivity index is -0.000000122. The fourth-order valence-electron chi connectivity index (χ4n) is 6.36. The van der Waals surface area contributed by atoms with Crippen molar-refractivity contribution in [2.24, 2.45) is 23.7 Å². The average molecular weight is 1240 g/mol. The maximum absolute atomic E-state index is 11.3. The van der Waals surface area contributed by atoms with Crippen LogP contribution in [0.1, 0.15) is 134 Å². The van der Waals surface area contributed by atoms with Gasteiger partial charge in [0.25, 0.3) is 0 Å². The number of fused-ring (bicyclic) bond motifs is 3. The summed E-state index contributed by atoms with van der Waals surface area (Å²) in [5.74, 6) is 5.09. The Bertz CT molecular complexity index is 1620. The molecule has 64 heavy (non-hydrogen) atoms. The van der Waals surface area contributed by atoms with Crippen LogP contribution < -0.4 is 0 Å². The van der Waals surface area contributed by atoms with Crippen molar-refractivity contribution in [1.82, 2.24) is 0 Å². The standard InChI is InChI=1S/C10H18O.C10H20.C10H16.3CHF3O3S.CH4O.CH3.3Al.H2O.2Pd.H2.3H/c1-9(2)8-4-6-10(3,11-9)7-5-8;2*1-8(2)10-6-4-9(3)5-7-10;3*2-1(3,4)8(5,6)7;1-2;;;;;;;;;;;/h8H,4-7H2,1-3H3;8-10H,4-7H2,1-3H3;4H,5-7H2,1-3H3;3*(H,5,6,7);2H,1H3;1H3;;;;1H2;;;1H;;;/q;;;;;;;;3*+1;;;;;;;/p-3. The van der Waals surface area contributed by atoms with Gasteiger partial charge in [-0.05, 0) is 123 Å². The molecule has 0 aromatic rings. The molecule has 2 radical (unpaired) electrons. The molecule has 2 saturated carbocycles. The van der Waals surface area contributed by atoms with E-state index in [0.717, 1.165) is 30.8 Å². The second kappa shape index (κ2) is 33.9. The molecule has 4 fully saturated rings. The molecule has 0 unspecified atom stereocenters. The van der Waals surface area contributed by atoms with E-state index in [9.17, 15) is 64.8 Å². The van der Waals surface area contributed by atoms with Crippen molar-refractivity contribution in [2.75, 3.05) is 7.11 Å². The Morgan fingerprint density at radius 3 is 1.34 bits per heavy atom. The molecule has 0 amide bonds. The van der Waals surface area contributed by atoms with E-state index in [-0.39, 0.29) is 92.2 Å². The summed E-state index contributed by atoms with van der Waals surface area (Å²) >= 11 is -1.05. The third-order valence-corrected chi connectivity index (χ3v) is 16.6. The van der Waals surface area contributed by atoms with E-state index >= 15 is 0 Å². The molecule has 0 atom stereocenters. The number of aliphatic hydroxyl groups excluding tert-OH is 1. The number of rotatable bonds is 5. The van der Waals surface area contributed by atoms with Crippen LogP contribution in [0.4, 0.5) is 39.5 Å². The van der Waals surface area contributed by atoms with Crippen LogP contribution in [0.3, 0.4) is 0 Å². The van der Waals surface area contributed by atoms with E-state index in [2.05, 4.69) is 78.1 Å². The normalized spacial score (nSPS) is 22.6. The Hall–Kier alpha value is 1.38. The molecule has 0 aromatic carbocycles. The first-order chi connectivity index (χ1) is 27.3. The van der Waals surface area contributed by atoms with E-state index in [1.165, 1.54) is 82.0 Å². The summed E-state index contributed by atoms with van der Waals surface area (Å²) in [6.45, 7) is 20.5. The number of ether oxygens (including phenoxy) is 1. The number of hydrogen-bond donors (Lipinski definition) is 1. The number of halogens is 9. The first kappa shape index (κ1) is 76.9. The second-order valence-corrected chi connectivity index (χ2v) is 23.4. The molecule has 5 aliphatic rings. The van der Waals surface area contributed by atoms with Gasteiger partial charge in [-0.3, -0.25) is 0 Å². The number of alkyl halides is 9. The van der Waals surface area contributed by atoms with Crippen LogP contribution in [-0.4, -0.2) is 119 Å². The van der Waals surface area contributed by atoms with Gasteiger partial charge in [0.2, 0.25) is 0 Å². The number of aliphatic hydroxyl groups is 1. The molecule has 3 N–H and O–H groups in total. The van der Waals surface area contributed by atoms with E-state index < -0.39 is 62.4 Å². The summed E-state index contributed by atoms with van der Waals surface area (Å²) in [6, 6.07) is 0. The molecular weight excluding hydrogens is 1170 g/mol. The van der Waals surface area contributed by atoms with E-state index in [1.807, 2.05) is 0 Å². The minimum atomic E-state index is -5.32. The van der Waals surface area contributed by atoms with Crippen molar-refractivity contribution in [3.8, 4) is 0 Å². The van der Waals surface area contributed by atoms with Crippen LogP contribution in [0.25, 0.3) is 0 Å². The molecule has 3 aliphatic carbocycles. The predicted molar refractivity (Wildman–Crippen MR) is 227 cm³/mol. The van der Waals surface area contributed by atoms with Crippen LogP contribution in [0.15, 0.2) is 22.8 Å². The molecule has 2 saturated heterocycles. The second-order valence-electron chi connectivity index (χ2n) is 15.9. The first-order valence-corrected chi connectivity index (χ1v) is 26.6. The molecule has 29 heteroatoms. The predicted octanol–water partition coefficient (Wildman–Crippen LogP) is 8.28. The molecule has 0 aromatic heterocycles. The Morgan fingerprint density at radius 2 is 1.16 bits per heavy atom. The monoisotopic (exact) mass is 1240 g/mol. The number of allylic oxidation sites excluding steroid dienone is 4. The van der Waals surface area contributed by atoms with Gasteiger partial charge < -0.3 is 25.0 Å². The zero-order valence-electron chi connectivity index (χ0n) is 38.1. The average Bonchev–Trinajstić information content (AvgIpc) is 3.12. The third kappa shape index (κ3) is 30.2. The Morgan fingerprint density at radius 1 is 0.781 bits per heavy atom. The summed E-state index contributed by atoms with van der Waals surface area (Å²) < 4.78 is 175. The summed E-state index contributed by atoms with van der Waals surface area (Å²) in [5, 5.41) is 7.00. The van der Waals surface area contributed by atoms with Gasteiger partial charge >= 0.3 is 95.7 Å². The van der Waals surface area contributed by atoms with Crippen molar-refractivity contribution in [1.29, 1.82) is 0 Å². The number of hydrogen-bond acceptors (Lipinski definition) is 11. The Kier molecular flexibility index (Phi) is 40.7. The van der Waals surface area contributed by atoms with Crippen LogP contribution in [0.2, 0.25) is 5.79 Å². The first-order valence-electron chi connectivity index (χ1n) is 19.3. The van der Waals surface area contributed by atoms with E-state index in [1.54, 1.807) is 11.1 Å². The molecule has 390 valence electrons. The van der Waals surface area contributed by atoms with Gasteiger partial charge in [0, 0.05) is 49.4 Å². The molecular formula is C35H68Al3F9O12Pd2S3. The zero-order valence-corrected chi connectivity index (χ0v) is 47.9. The zero-order chi connectivity index (χ0) is 49.1. The van der Waals surface area contributed by atoms with Crippen LogP contribution in [0, 0.1) is 23.7 Å². The van der Waals surface area contributed by atoms with Crippen LogP contribution >= 0.6 is 0 Å². The van der Waals surface area contributed by atoms with Gasteiger partial charge in [0.1, 0.15) is 0 Å². The van der Waals surface area contributed by atoms with E-state index in [4.69, 9.17) is 9.84 Å². The molecule has 2 bridgehead atoms. The van der Waals surface area contributed by atoms with Crippen LogP contribution in [-0.2, 0) is 85.6 Å². The minimum Gasteiger partial charge on any atom is -0.412 e. The van der Waals surface area contributed by atoms with Crippen molar-refractivity contribution in [2.45, 2.75) is 166 Å². The molecule has 2 heterocycles. The fourth-order valence-corrected chi connectivity index (χ4v) is 9.20. The van der Waals surface area contributed by atoms with Crippen molar-refractivity contribution in [3.05, 3.63) is 22.8 Å². The maximum atomic E-state index is 11.3. The Labute approximate surface area is 427 Å². The van der Waals surface area contributed by atoms with Crippen molar-refractivity contribution in [3.63, 3.8) is 0 Å². The molecule has 12 nitrogen and oxygen atoms in total. The SMILES string of the molecule is CC12CCC(CC1)C(C)(C)O2.CC1=CCC(=C(C)C)CC1.CC1CCC(C(C)C)CC1.CO.O.O=S(=O)([O][AlH])C(F)(F)F.O=S(=O)([O][AlH])C(F)(F)F.[CH3][AlH][O]S(=O)(=O)C(F)(F)F.[HH].[Pd].[Pd]. The molecule has 2 aliphatic heterocycles. The van der Waals surface area contributed by atoms with E-state index in [0.29, 0.717) is 0 Å². The minimum absolute atomic E-state index is 0. The summed E-state index contributed by atoms with van der Waals surface area (Å²) in [5.41, 5.74) is -10.8. The third-order valence-electron chi connectivity index (χ3n) is 10.2. The summed E-state index contributed by atoms with van der Waals surface area (Å²) in [7, 11) is -14.9. The maximum Gasteiger partial charge on any atom is 0.520 e.